The summed E-state index contributed by atoms with van der Waals surface area (Å²) >= 11 is 1.71. The summed E-state index contributed by atoms with van der Waals surface area (Å²) in [5.74, 6) is -0.276. The van der Waals surface area contributed by atoms with Gasteiger partial charge in [0.15, 0.2) is 0 Å². The van der Waals surface area contributed by atoms with Gasteiger partial charge in [-0.05, 0) is 62.4 Å². The van der Waals surface area contributed by atoms with Crippen molar-refractivity contribution in [2.45, 2.75) is 33.3 Å². The largest absolute Gasteiger partial charge is 0.456 e. The van der Waals surface area contributed by atoms with Gasteiger partial charge in [-0.25, -0.2) is 4.79 Å². The molecule has 1 aromatic carbocycles. The molecule has 0 saturated carbocycles. The quantitative estimate of drug-likeness (QED) is 0.743. The fourth-order valence-corrected chi connectivity index (χ4v) is 2.56. The van der Waals surface area contributed by atoms with Crippen LogP contribution >= 0.6 is 11.3 Å². The number of hydrogen-bond acceptors (Lipinski definition) is 3. The zero-order valence-corrected chi connectivity index (χ0v) is 12.5. The van der Waals surface area contributed by atoms with Crippen LogP contribution in [0, 0.1) is 6.92 Å². The third-order valence-corrected chi connectivity index (χ3v) is 3.51. The van der Waals surface area contributed by atoms with Crippen LogP contribution in [-0.4, -0.2) is 11.6 Å². The smallest absolute Gasteiger partial charge is 0.338 e. The molecular formula is C16H18O2S. The van der Waals surface area contributed by atoms with Crippen molar-refractivity contribution in [2.24, 2.45) is 0 Å². The minimum Gasteiger partial charge on any atom is -0.456 e. The van der Waals surface area contributed by atoms with Crippen LogP contribution in [0.3, 0.4) is 0 Å². The number of esters is 1. The second kappa shape index (κ2) is 5.17. The van der Waals surface area contributed by atoms with E-state index in [2.05, 4.69) is 18.4 Å². The average molecular weight is 274 g/mol. The highest BCUT2D eigenvalue weighted by molar-refractivity contribution is 7.10. The summed E-state index contributed by atoms with van der Waals surface area (Å²) in [6, 6.07) is 9.67. The van der Waals surface area contributed by atoms with Gasteiger partial charge in [-0.3, -0.25) is 0 Å². The molecule has 1 aromatic heterocycles. The molecule has 0 saturated heterocycles. The van der Waals surface area contributed by atoms with E-state index < -0.39 is 5.60 Å². The summed E-state index contributed by atoms with van der Waals surface area (Å²) < 4.78 is 5.39. The lowest BCUT2D eigenvalue weighted by molar-refractivity contribution is 0.00696. The van der Waals surface area contributed by atoms with Gasteiger partial charge < -0.3 is 4.74 Å². The second-order valence-corrected chi connectivity index (χ2v) is 6.59. The van der Waals surface area contributed by atoms with E-state index in [-0.39, 0.29) is 5.97 Å². The van der Waals surface area contributed by atoms with Crippen molar-refractivity contribution in [2.75, 3.05) is 0 Å². The number of benzene rings is 1. The number of aryl methyl sites for hydroxylation is 1. The third kappa shape index (κ3) is 3.44. The van der Waals surface area contributed by atoms with Gasteiger partial charge >= 0.3 is 5.97 Å². The SMILES string of the molecule is Cc1sccc1-c1cccc(C(=O)OC(C)(C)C)c1. The van der Waals surface area contributed by atoms with Gasteiger partial charge in [-0.15, -0.1) is 11.3 Å². The molecule has 0 aliphatic heterocycles. The Morgan fingerprint density at radius 3 is 2.53 bits per heavy atom. The van der Waals surface area contributed by atoms with E-state index in [1.54, 1.807) is 17.4 Å². The Labute approximate surface area is 118 Å². The standard InChI is InChI=1S/C16H18O2S/c1-11-14(8-9-19-11)12-6-5-7-13(10-12)15(17)18-16(2,3)4/h5-10H,1-4H3. The molecule has 0 N–H and O–H groups in total. The summed E-state index contributed by atoms with van der Waals surface area (Å²) in [5.41, 5.74) is 2.36. The highest BCUT2D eigenvalue weighted by Crippen LogP contribution is 2.28. The van der Waals surface area contributed by atoms with Crippen LogP contribution in [0.15, 0.2) is 35.7 Å². The molecule has 0 aliphatic carbocycles. The van der Waals surface area contributed by atoms with E-state index in [0.29, 0.717) is 5.56 Å². The summed E-state index contributed by atoms with van der Waals surface area (Å²) in [6.07, 6.45) is 0. The number of thiophene rings is 1. The normalized spacial score (nSPS) is 11.4. The molecule has 2 aromatic rings. The fourth-order valence-electron chi connectivity index (χ4n) is 1.84. The minimum absolute atomic E-state index is 0.276. The van der Waals surface area contributed by atoms with Crippen LogP contribution in [0.5, 0.6) is 0 Å². The predicted octanol–water partition coefficient (Wildman–Crippen LogP) is 4.68. The zero-order valence-electron chi connectivity index (χ0n) is 11.7. The number of ether oxygens (including phenoxy) is 1. The first-order valence-electron chi connectivity index (χ1n) is 6.25. The molecule has 0 atom stereocenters. The van der Waals surface area contributed by atoms with E-state index in [9.17, 15) is 4.79 Å². The fraction of sp³-hybridized carbons (Fsp3) is 0.312. The lowest BCUT2D eigenvalue weighted by atomic mass is 10.0. The maximum Gasteiger partial charge on any atom is 0.338 e. The molecule has 3 heteroatoms. The van der Waals surface area contributed by atoms with Crippen molar-refractivity contribution in [1.82, 2.24) is 0 Å². The Balaban J connectivity index is 2.30. The van der Waals surface area contributed by atoms with E-state index >= 15 is 0 Å². The van der Waals surface area contributed by atoms with Gasteiger partial charge in [0, 0.05) is 4.88 Å². The maximum absolute atomic E-state index is 12.0. The topological polar surface area (TPSA) is 26.3 Å². The van der Waals surface area contributed by atoms with E-state index in [4.69, 9.17) is 4.74 Å². The summed E-state index contributed by atoms with van der Waals surface area (Å²) in [6.45, 7) is 7.70. The first-order chi connectivity index (χ1) is 8.87. The maximum atomic E-state index is 12.0. The van der Waals surface area contributed by atoms with Crippen molar-refractivity contribution in [1.29, 1.82) is 0 Å². The molecule has 19 heavy (non-hydrogen) atoms. The molecule has 100 valence electrons. The predicted molar refractivity (Wildman–Crippen MR) is 79.7 cm³/mol. The Morgan fingerprint density at radius 2 is 1.95 bits per heavy atom. The lowest BCUT2D eigenvalue weighted by Crippen LogP contribution is -2.23. The van der Waals surface area contributed by atoms with E-state index in [1.165, 1.54) is 10.4 Å². The van der Waals surface area contributed by atoms with Gasteiger partial charge in [0.05, 0.1) is 5.56 Å². The van der Waals surface area contributed by atoms with Crippen molar-refractivity contribution in [3.63, 3.8) is 0 Å². The second-order valence-electron chi connectivity index (χ2n) is 5.47. The lowest BCUT2D eigenvalue weighted by Gasteiger charge is -2.19. The zero-order chi connectivity index (χ0) is 14.0. The molecule has 0 spiro atoms. The number of carbonyl (C=O) groups excluding carboxylic acids is 1. The first-order valence-corrected chi connectivity index (χ1v) is 7.13. The Hall–Kier alpha value is -1.61. The monoisotopic (exact) mass is 274 g/mol. The highest BCUT2D eigenvalue weighted by Gasteiger charge is 2.18. The Morgan fingerprint density at radius 1 is 1.21 bits per heavy atom. The Kier molecular flexibility index (Phi) is 3.76. The van der Waals surface area contributed by atoms with Crippen LogP contribution in [-0.2, 0) is 4.74 Å². The summed E-state index contributed by atoms with van der Waals surface area (Å²) in [5, 5.41) is 2.06. The molecule has 0 bridgehead atoms. The van der Waals surface area contributed by atoms with Crippen molar-refractivity contribution in [3.8, 4) is 11.1 Å². The van der Waals surface area contributed by atoms with Crippen LogP contribution in [0.2, 0.25) is 0 Å². The van der Waals surface area contributed by atoms with Gasteiger partial charge in [0.2, 0.25) is 0 Å². The molecule has 1 heterocycles. The Bertz CT molecular complexity index is 591. The summed E-state index contributed by atoms with van der Waals surface area (Å²) in [7, 11) is 0. The molecule has 2 rings (SSSR count). The first kappa shape index (κ1) is 13.8. The van der Waals surface area contributed by atoms with Gasteiger partial charge in [-0.2, -0.15) is 0 Å². The molecule has 2 nitrogen and oxygen atoms in total. The summed E-state index contributed by atoms with van der Waals surface area (Å²) in [4.78, 5) is 13.3. The van der Waals surface area contributed by atoms with Crippen LogP contribution in [0.25, 0.3) is 11.1 Å². The molecular weight excluding hydrogens is 256 g/mol. The molecule has 0 fully saturated rings. The van der Waals surface area contributed by atoms with E-state index in [0.717, 1.165) is 5.56 Å². The minimum atomic E-state index is -0.467. The van der Waals surface area contributed by atoms with Gasteiger partial charge in [0.1, 0.15) is 5.60 Å². The van der Waals surface area contributed by atoms with Crippen molar-refractivity contribution in [3.05, 3.63) is 46.2 Å². The van der Waals surface area contributed by atoms with Crippen molar-refractivity contribution < 1.29 is 9.53 Å². The average Bonchev–Trinajstić information content (AvgIpc) is 2.73. The molecule has 0 aliphatic rings. The van der Waals surface area contributed by atoms with Crippen LogP contribution in [0.1, 0.15) is 36.0 Å². The molecule has 0 radical (unpaired) electrons. The number of carbonyl (C=O) groups is 1. The third-order valence-electron chi connectivity index (χ3n) is 2.67. The van der Waals surface area contributed by atoms with Crippen LogP contribution in [0.4, 0.5) is 0 Å². The molecule has 0 unspecified atom stereocenters. The number of hydrogen-bond donors (Lipinski definition) is 0. The van der Waals surface area contributed by atoms with E-state index in [1.807, 2.05) is 39.0 Å². The van der Waals surface area contributed by atoms with Crippen molar-refractivity contribution >= 4 is 17.3 Å². The van der Waals surface area contributed by atoms with Gasteiger partial charge in [0.25, 0.3) is 0 Å². The number of rotatable bonds is 2. The molecule has 0 amide bonds. The van der Waals surface area contributed by atoms with Crippen LogP contribution < -0.4 is 0 Å². The van der Waals surface area contributed by atoms with Gasteiger partial charge in [-0.1, -0.05) is 12.1 Å². The highest BCUT2D eigenvalue weighted by atomic mass is 32.1.